The second-order valence-corrected chi connectivity index (χ2v) is 11.0. The first-order chi connectivity index (χ1) is 24.2. The van der Waals surface area contributed by atoms with Gasteiger partial charge in [-0.15, -0.1) is 71.8 Å². The zero-order valence-electron chi connectivity index (χ0n) is 26.2. The van der Waals surface area contributed by atoms with Crippen LogP contribution in [0.5, 0.6) is 23.0 Å². The topological polar surface area (TPSA) is 101 Å². The molecule has 5 heterocycles. The van der Waals surface area contributed by atoms with Crippen LogP contribution >= 0.6 is 0 Å². The van der Waals surface area contributed by atoms with Gasteiger partial charge in [-0.25, -0.2) is 15.0 Å². The van der Waals surface area contributed by atoms with Gasteiger partial charge in [-0.3, -0.25) is 0 Å². The fourth-order valence-electron chi connectivity index (χ4n) is 5.62. The fourth-order valence-corrected chi connectivity index (χ4v) is 5.62. The van der Waals surface area contributed by atoms with Crippen LogP contribution in [0.25, 0.3) is 61.3 Å². The molecule has 0 unspecified atom stereocenters. The van der Waals surface area contributed by atoms with E-state index in [0.29, 0.717) is 45.6 Å². The molecule has 0 bridgehead atoms. The van der Waals surface area contributed by atoms with Crippen molar-refractivity contribution in [2.24, 2.45) is 0 Å². The van der Waals surface area contributed by atoms with Crippen molar-refractivity contribution in [2.45, 2.75) is 0 Å². The van der Waals surface area contributed by atoms with E-state index in [1.807, 2.05) is 102 Å². The minimum absolute atomic E-state index is 0. The Morgan fingerprint density at radius 1 is 0.510 bits per heavy atom. The summed E-state index contributed by atoms with van der Waals surface area (Å²) >= 11 is 0. The van der Waals surface area contributed by atoms with Crippen LogP contribution in [0.3, 0.4) is 0 Å². The van der Waals surface area contributed by atoms with Crippen LogP contribution in [0.4, 0.5) is 0 Å². The van der Waals surface area contributed by atoms with Gasteiger partial charge in [0.05, 0.1) is 5.39 Å². The van der Waals surface area contributed by atoms with E-state index in [1.54, 1.807) is 24.8 Å². The van der Waals surface area contributed by atoms with E-state index in [9.17, 15) is 0 Å². The van der Waals surface area contributed by atoms with Crippen molar-refractivity contribution in [3.63, 3.8) is 0 Å². The van der Waals surface area contributed by atoms with Crippen molar-refractivity contribution in [2.75, 3.05) is 0 Å². The fraction of sp³-hybridized carbons (Fsp3) is 0. The molecule has 0 radical (unpaired) electrons. The molecule has 11 heteroatoms. The molecule has 248 valence electrons. The van der Waals surface area contributed by atoms with Crippen LogP contribution in [0.15, 0.2) is 128 Å². The molecule has 0 saturated heterocycles. The van der Waals surface area contributed by atoms with Gasteiger partial charge < -0.3 is 24.0 Å². The van der Waals surface area contributed by atoms with Gasteiger partial charge in [-0.1, -0.05) is 47.4 Å². The Kier molecular flexibility index (Phi) is 9.72. The molecule has 4 aromatic carbocycles. The first-order valence-electron chi connectivity index (χ1n) is 15.3. The maximum Gasteiger partial charge on any atom is 2.00 e. The number of hydrogen-bond donors (Lipinski definition) is 0. The largest absolute Gasteiger partial charge is 2.00 e. The predicted molar refractivity (Wildman–Crippen MR) is 184 cm³/mol. The standard InChI is InChI=1S/C40H21N7O2.2Pd/c1-3-17-42-35(11-1)26-7-5-9-29(19-26)48-31-13-15-33-34-16-14-32(49-30-10-6-8-27(20-30)36-12-2-4-18-43-36)22-38(34)47(37(33)21-31)40-44-24-28-23-41-25-45-39(28)46-40;;/h1-18,23-25H;;/q-4;2*+2. The third-order valence-corrected chi connectivity index (χ3v) is 7.84. The molecule has 0 fully saturated rings. The van der Waals surface area contributed by atoms with Gasteiger partial charge in [0.1, 0.15) is 6.33 Å². The normalized spacial score (nSPS) is 10.8. The van der Waals surface area contributed by atoms with E-state index in [1.165, 1.54) is 6.33 Å². The van der Waals surface area contributed by atoms with Crippen molar-refractivity contribution < 1.29 is 50.3 Å². The second kappa shape index (κ2) is 14.7. The molecule has 0 aliphatic rings. The molecule has 0 atom stereocenters. The van der Waals surface area contributed by atoms with Gasteiger partial charge in [0, 0.05) is 47.8 Å². The molecule has 0 spiro atoms. The van der Waals surface area contributed by atoms with Crippen LogP contribution in [-0.2, 0) is 40.8 Å². The quantitative estimate of drug-likeness (QED) is 0.117. The van der Waals surface area contributed by atoms with Crippen LogP contribution in [0, 0.1) is 24.3 Å². The molecular weight excluding hydrogens is 823 g/mol. The Morgan fingerprint density at radius 3 is 1.63 bits per heavy atom. The predicted octanol–water partition coefficient (Wildman–Crippen LogP) is 8.42. The summed E-state index contributed by atoms with van der Waals surface area (Å²) in [7, 11) is 0. The van der Waals surface area contributed by atoms with E-state index in [2.05, 4.69) is 44.2 Å². The molecule has 0 saturated carbocycles. The second-order valence-electron chi connectivity index (χ2n) is 11.0. The summed E-state index contributed by atoms with van der Waals surface area (Å²) in [5.41, 5.74) is 5.16. The van der Waals surface area contributed by atoms with Crippen LogP contribution in [0.1, 0.15) is 0 Å². The Hall–Kier alpha value is -5.68. The number of pyridine rings is 2. The number of benzene rings is 4. The van der Waals surface area contributed by atoms with Gasteiger partial charge in [0.25, 0.3) is 0 Å². The molecule has 9 rings (SSSR count). The molecule has 51 heavy (non-hydrogen) atoms. The van der Waals surface area contributed by atoms with Crippen LogP contribution in [-0.4, -0.2) is 34.5 Å². The summed E-state index contributed by atoms with van der Waals surface area (Å²) in [5, 5.41) is 2.54. The number of fused-ring (bicyclic) bond motifs is 4. The molecule has 5 aromatic heterocycles. The summed E-state index contributed by atoms with van der Waals surface area (Å²) in [6.45, 7) is 0. The first-order valence-corrected chi connectivity index (χ1v) is 15.3. The Morgan fingerprint density at radius 2 is 1.08 bits per heavy atom. The maximum atomic E-state index is 6.30. The number of aromatic nitrogens is 7. The molecule has 0 amide bonds. The van der Waals surface area contributed by atoms with Gasteiger partial charge >= 0.3 is 40.8 Å². The van der Waals surface area contributed by atoms with Gasteiger partial charge in [-0.2, -0.15) is 27.9 Å². The van der Waals surface area contributed by atoms with Gasteiger partial charge in [0.2, 0.25) is 5.95 Å². The summed E-state index contributed by atoms with van der Waals surface area (Å²) in [6, 6.07) is 44.2. The average Bonchev–Trinajstić information content (AvgIpc) is 3.48. The first kappa shape index (κ1) is 33.8. The third-order valence-electron chi connectivity index (χ3n) is 7.84. The van der Waals surface area contributed by atoms with E-state index < -0.39 is 0 Å². The monoisotopic (exact) mass is 843 g/mol. The zero-order valence-corrected chi connectivity index (χ0v) is 29.3. The van der Waals surface area contributed by atoms with Gasteiger partial charge in [-0.05, 0) is 23.5 Å². The molecule has 0 aliphatic carbocycles. The minimum Gasteiger partial charge on any atom is -0.503 e. The zero-order chi connectivity index (χ0) is 32.6. The van der Waals surface area contributed by atoms with Crippen molar-refractivity contribution in [1.29, 1.82) is 0 Å². The average molecular weight is 844 g/mol. The van der Waals surface area contributed by atoms with E-state index >= 15 is 0 Å². The number of nitrogens with zero attached hydrogens (tertiary/aromatic N) is 7. The SMILES string of the molecule is [Pd+2].[Pd+2].[c-]1c(Oc2[c-]c3c(cc2)c2ccc(Oc4[c-]c(-c5ccccn5)ccc4)[c-]c2n3-c2ncc3cncnc3n2)cccc1-c1ccccn1. The van der Waals surface area contributed by atoms with Crippen LogP contribution in [0.2, 0.25) is 0 Å². The number of ether oxygens (including phenoxy) is 2. The van der Waals surface area contributed by atoms with Crippen molar-refractivity contribution in [3.05, 3.63) is 152 Å². The Balaban J connectivity index is 0.00000203. The van der Waals surface area contributed by atoms with Crippen LogP contribution < -0.4 is 9.47 Å². The smallest absolute Gasteiger partial charge is 0.503 e. The number of hydrogen-bond acceptors (Lipinski definition) is 8. The molecule has 0 N–H and O–H groups in total. The summed E-state index contributed by atoms with van der Waals surface area (Å²) < 4.78 is 14.5. The van der Waals surface area contributed by atoms with Crippen molar-refractivity contribution >= 4 is 32.8 Å². The van der Waals surface area contributed by atoms with Crippen molar-refractivity contribution in [1.82, 2.24) is 34.5 Å². The van der Waals surface area contributed by atoms with E-state index in [-0.39, 0.29) is 40.8 Å². The molecular formula is C40H21N7O2Pd2. The van der Waals surface area contributed by atoms with E-state index in [4.69, 9.17) is 19.4 Å². The molecule has 9 nitrogen and oxygen atoms in total. The molecule has 9 aromatic rings. The summed E-state index contributed by atoms with van der Waals surface area (Å²) in [4.78, 5) is 26.8. The number of rotatable bonds is 7. The summed E-state index contributed by atoms with van der Waals surface area (Å²) in [6.07, 6.45) is 8.35. The van der Waals surface area contributed by atoms with E-state index in [0.717, 1.165) is 38.7 Å². The Labute approximate surface area is 319 Å². The third kappa shape index (κ3) is 6.77. The summed E-state index contributed by atoms with van der Waals surface area (Å²) in [5.74, 6) is 2.44. The van der Waals surface area contributed by atoms with Gasteiger partial charge in [0.15, 0.2) is 5.65 Å². The molecule has 0 aliphatic heterocycles. The minimum atomic E-state index is 0. The van der Waals surface area contributed by atoms with Crippen molar-refractivity contribution in [3.8, 4) is 51.5 Å². The Bertz CT molecular complexity index is 2500. The maximum absolute atomic E-state index is 6.30.